The van der Waals surface area contributed by atoms with Gasteiger partial charge in [0.15, 0.2) is 0 Å². The highest BCUT2D eigenvalue weighted by molar-refractivity contribution is 6.05. The quantitative estimate of drug-likeness (QED) is 0.656. The molecule has 0 radical (unpaired) electrons. The van der Waals surface area contributed by atoms with E-state index in [-0.39, 0.29) is 11.4 Å². The van der Waals surface area contributed by atoms with Crippen molar-refractivity contribution in [3.8, 4) is 0 Å². The van der Waals surface area contributed by atoms with Crippen LogP contribution in [-0.2, 0) is 13.6 Å². The van der Waals surface area contributed by atoms with Crippen molar-refractivity contribution in [2.75, 3.05) is 18.4 Å². The van der Waals surface area contributed by atoms with Crippen molar-refractivity contribution in [3.05, 3.63) is 51.3 Å². The van der Waals surface area contributed by atoms with Crippen molar-refractivity contribution in [2.24, 2.45) is 7.05 Å². The summed E-state index contributed by atoms with van der Waals surface area (Å²) in [5.41, 5.74) is 1.69. The number of likely N-dealkylation sites (tertiary alicyclic amines) is 1. The lowest BCUT2D eigenvalue weighted by atomic mass is 10.1. The number of benzene rings is 1. The molecule has 138 valence electrons. The fourth-order valence-electron chi connectivity index (χ4n) is 3.23. The molecular weight excluding hydrogens is 334 g/mol. The van der Waals surface area contributed by atoms with E-state index >= 15 is 0 Å². The second-order valence-electron chi connectivity index (χ2n) is 6.65. The second-order valence-corrected chi connectivity index (χ2v) is 6.65. The summed E-state index contributed by atoms with van der Waals surface area (Å²) in [5.74, 6) is -0.579. The molecule has 0 bridgehead atoms. The van der Waals surface area contributed by atoms with Crippen molar-refractivity contribution in [1.82, 2.24) is 14.7 Å². The lowest BCUT2D eigenvalue weighted by Gasteiger charge is -2.26. The molecule has 1 aliphatic rings. The van der Waals surface area contributed by atoms with Gasteiger partial charge in [0.2, 0.25) is 5.69 Å². The zero-order valence-electron chi connectivity index (χ0n) is 15.1. The Morgan fingerprint density at radius 2 is 1.88 bits per heavy atom. The molecule has 0 saturated carbocycles. The number of amides is 1. The Labute approximate surface area is 151 Å². The average molecular weight is 357 g/mol. The maximum absolute atomic E-state index is 12.4. The molecule has 2 heterocycles. The van der Waals surface area contributed by atoms with Crippen LogP contribution in [0.25, 0.3) is 0 Å². The number of rotatable bonds is 5. The first-order chi connectivity index (χ1) is 12.5. The Balaban J connectivity index is 1.68. The molecule has 0 unspecified atom stereocenters. The van der Waals surface area contributed by atoms with E-state index in [1.54, 1.807) is 14.0 Å². The van der Waals surface area contributed by atoms with Crippen molar-refractivity contribution < 1.29 is 9.72 Å². The van der Waals surface area contributed by atoms with E-state index in [1.807, 2.05) is 24.3 Å². The van der Waals surface area contributed by atoms with Gasteiger partial charge in [-0.2, -0.15) is 5.10 Å². The highest BCUT2D eigenvalue weighted by Crippen LogP contribution is 2.23. The highest BCUT2D eigenvalue weighted by Gasteiger charge is 2.28. The smallest absolute Gasteiger partial charge is 0.320 e. The second kappa shape index (κ2) is 7.65. The van der Waals surface area contributed by atoms with Gasteiger partial charge in [0.05, 0.1) is 4.92 Å². The zero-order chi connectivity index (χ0) is 18.7. The summed E-state index contributed by atoms with van der Waals surface area (Å²) < 4.78 is 1.34. The first-order valence-electron chi connectivity index (χ1n) is 8.76. The molecule has 8 nitrogen and oxygen atoms in total. The number of nitrogens with one attached hydrogen (secondary N) is 1. The number of aryl methyl sites for hydroxylation is 1. The first-order valence-corrected chi connectivity index (χ1v) is 8.76. The monoisotopic (exact) mass is 357 g/mol. The van der Waals surface area contributed by atoms with Gasteiger partial charge in [-0.1, -0.05) is 18.6 Å². The molecule has 1 N–H and O–H groups in total. The van der Waals surface area contributed by atoms with E-state index in [0.29, 0.717) is 11.4 Å². The van der Waals surface area contributed by atoms with E-state index in [9.17, 15) is 14.9 Å². The molecule has 3 rings (SSSR count). The maximum Gasteiger partial charge on any atom is 0.322 e. The van der Waals surface area contributed by atoms with Gasteiger partial charge in [-0.15, -0.1) is 0 Å². The van der Waals surface area contributed by atoms with Crippen LogP contribution in [0.3, 0.4) is 0 Å². The predicted octanol–water partition coefficient (Wildman–Crippen LogP) is 2.87. The topological polar surface area (TPSA) is 93.3 Å². The molecule has 1 amide bonds. The number of hydrogen-bond acceptors (Lipinski definition) is 5. The molecule has 1 aromatic heterocycles. The highest BCUT2D eigenvalue weighted by atomic mass is 16.6. The molecule has 1 fully saturated rings. The van der Waals surface area contributed by atoms with Crippen LogP contribution in [0.15, 0.2) is 24.3 Å². The minimum Gasteiger partial charge on any atom is -0.320 e. The van der Waals surface area contributed by atoms with Gasteiger partial charge in [-0.25, -0.2) is 0 Å². The number of aromatic nitrogens is 2. The third-order valence-electron chi connectivity index (χ3n) is 4.77. The summed E-state index contributed by atoms with van der Waals surface area (Å²) in [6.07, 6.45) is 3.80. The van der Waals surface area contributed by atoms with Crippen molar-refractivity contribution in [1.29, 1.82) is 0 Å². The number of piperidine rings is 1. The Morgan fingerprint density at radius 1 is 1.23 bits per heavy atom. The number of anilines is 1. The Bertz CT molecular complexity index is 807. The van der Waals surface area contributed by atoms with E-state index in [2.05, 4.69) is 15.3 Å². The van der Waals surface area contributed by atoms with Gasteiger partial charge in [-0.3, -0.25) is 24.5 Å². The lowest BCUT2D eigenvalue weighted by Crippen LogP contribution is -2.29. The summed E-state index contributed by atoms with van der Waals surface area (Å²) in [7, 11) is 1.58. The number of nitro groups is 1. The molecule has 0 atom stereocenters. The zero-order valence-corrected chi connectivity index (χ0v) is 15.1. The SMILES string of the molecule is Cc1c([N+](=O)[O-])c(C(=O)Nc2ccc(CN3CCCCC3)cc2)nn1C. The fourth-order valence-corrected chi connectivity index (χ4v) is 3.23. The maximum atomic E-state index is 12.4. The van der Waals surface area contributed by atoms with Gasteiger partial charge >= 0.3 is 5.69 Å². The predicted molar refractivity (Wildman–Crippen MR) is 98.1 cm³/mol. The van der Waals surface area contributed by atoms with Gasteiger partial charge in [0.1, 0.15) is 5.69 Å². The number of nitrogens with zero attached hydrogens (tertiary/aromatic N) is 4. The van der Waals surface area contributed by atoms with Crippen LogP contribution in [0, 0.1) is 17.0 Å². The molecular formula is C18H23N5O3. The molecule has 1 aliphatic heterocycles. The van der Waals surface area contributed by atoms with Crippen LogP contribution >= 0.6 is 0 Å². The molecule has 0 spiro atoms. The summed E-state index contributed by atoms with van der Waals surface area (Å²) in [5, 5.41) is 17.9. The Morgan fingerprint density at radius 3 is 2.50 bits per heavy atom. The van der Waals surface area contributed by atoms with Gasteiger partial charge in [0.25, 0.3) is 5.91 Å². The Kier molecular flexibility index (Phi) is 5.32. The van der Waals surface area contributed by atoms with E-state index < -0.39 is 10.8 Å². The lowest BCUT2D eigenvalue weighted by molar-refractivity contribution is -0.385. The largest absolute Gasteiger partial charge is 0.322 e. The summed E-state index contributed by atoms with van der Waals surface area (Å²) in [6.45, 7) is 4.72. The van der Waals surface area contributed by atoms with Gasteiger partial charge in [-0.05, 0) is 50.6 Å². The molecule has 26 heavy (non-hydrogen) atoms. The van der Waals surface area contributed by atoms with Crippen LogP contribution < -0.4 is 5.32 Å². The molecule has 2 aromatic rings. The third kappa shape index (κ3) is 3.91. The minimum absolute atomic E-state index is 0.174. The third-order valence-corrected chi connectivity index (χ3v) is 4.77. The Hall–Kier alpha value is -2.74. The van der Waals surface area contributed by atoms with E-state index in [4.69, 9.17) is 0 Å². The molecule has 1 saturated heterocycles. The van der Waals surface area contributed by atoms with Gasteiger partial charge in [0, 0.05) is 19.3 Å². The summed E-state index contributed by atoms with van der Waals surface area (Å²) in [6, 6.07) is 7.59. The summed E-state index contributed by atoms with van der Waals surface area (Å²) >= 11 is 0. The van der Waals surface area contributed by atoms with Crippen LogP contribution in [0.2, 0.25) is 0 Å². The first kappa shape index (κ1) is 18.1. The number of carbonyl (C=O) groups excluding carboxylic acids is 1. The fraction of sp³-hybridized carbons (Fsp3) is 0.444. The number of hydrogen-bond donors (Lipinski definition) is 1. The van der Waals surface area contributed by atoms with Crippen LogP contribution in [0.1, 0.15) is 41.0 Å². The molecule has 8 heteroatoms. The standard InChI is InChI=1S/C18H23N5O3/c1-13-17(23(25)26)16(20-21(13)2)18(24)19-15-8-6-14(7-9-15)12-22-10-4-3-5-11-22/h6-9H,3-5,10-12H2,1-2H3,(H,19,24). The van der Waals surface area contributed by atoms with Crippen LogP contribution in [-0.4, -0.2) is 38.6 Å². The van der Waals surface area contributed by atoms with Crippen LogP contribution in [0.4, 0.5) is 11.4 Å². The van der Waals surface area contributed by atoms with Gasteiger partial charge < -0.3 is 5.32 Å². The number of carbonyl (C=O) groups is 1. The normalized spacial score (nSPS) is 15.0. The van der Waals surface area contributed by atoms with E-state index in [0.717, 1.165) is 19.6 Å². The summed E-state index contributed by atoms with van der Waals surface area (Å²) in [4.78, 5) is 25.5. The van der Waals surface area contributed by atoms with Crippen molar-refractivity contribution >= 4 is 17.3 Å². The molecule has 1 aromatic carbocycles. The van der Waals surface area contributed by atoms with Crippen molar-refractivity contribution in [2.45, 2.75) is 32.7 Å². The molecule has 0 aliphatic carbocycles. The van der Waals surface area contributed by atoms with E-state index in [1.165, 1.54) is 29.5 Å². The minimum atomic E-state index is -0.579. The average Bonchev–Trinajstić information content (AvgIpc) is 2.93. The van der Waals surface area contributed by atoms with Crippen molar-refractivity contribution in [3.63, 3.8) is 0 Å². The van der Waals surface area contributed by atoms with Crippen LogP contribution in [0.5, 0.6) is 0 Å².